The van der Waals surface area contributed by atoms with Crippen molar-refractivity contribution in [1.29, 1.82) is 0 Å². The fraction of sp³-hybridized carbons (Fsp3) is 0.481. The molecule has 2 aromatic carbocycles. The summed E-state index contributed by atoms with van der Waals surface area (Å²) >= 11 is 0. The monoisotopic (exact) mass is 434 g/mol. The van der Waals surface area contributed by atoms with Crippen LogP contribution in [0.3, 0.4) is 0 Å². The molecule has 2 aliphatic rings. The Kier molecular flexibility index (Phi) is 7.59. The average Bonchev–Trinajstić information content (AvgIpc) is 3.19. The number of hydrogen-bond donors (Lipinski definition) is 1. The predicted molar refractivity (Wildman–Crippen MR) is 125 cm³/mol. The molecule has 2 amide bonds. The van der Waals surface area contributed by atoms with E-state index in [-0.39, 0.29) is 29.8 Å². The minimum Gasteiger partial charge on any atom is -0.381 e. The largest absolute Gasteiger partial charge is 0.381 e. The molecule has 2 aromatic rings. The van der Waals surface area contributed by atoms with Gasteiger partial charge >= 0.3 is 0 Å². The quantitative estimate of drug-likeness (QED) is 0.680. The third kappa shape index (κ3) is 5.39. The Morgan fingerprint density at radius 2 is 1.69 bits per heavy atom. The lowest BCUT2D eigenvalue weighted by Crippen LogP contribution is -2.45. The summed E-state index contributed by atoms with van der Waals surface area (Å²) in [6, 6.07) is 20.6. The van der Waals surface area contributed by atoms with E-state index in [9.17, 15) is 9.59 Å². The highest BCUT2D eigenvalue weighted by Crippen LogP contribution is 2.29. The first-order valence-electron chi connectivity index (χ1n) is 11.9. The Morgan fingerprint density at radius 3 is 2.31 bits per heavy atom. The highest BCUT2D eigenvalue weighted by atomic mass is 16.5. The summed E-state index contributed by atoms with van der Waals surface area (Å²) in [6.07, 6.45) is 5.35. The first-order valence-corrected chi connectivity index (χ1v) is 11.9. The predicted octanol–water partition coefficient (Wildman–Crippen LogP) is 4.13. The van der Waals surface area contributed by atoms with E-state index < -0.39 is 6.04 Å². The van der Waals surface area contributed by atoms with Gasteiger partial charge in [0, 0.05) is 32.0 Å². The molecule has 1 heterocycles. The lowest BCUT2D eigenvalue weighted by molar-refractivity contribution is -0.135. The molecular formula is C27H34N2O3. The van der Waals surface area contributed by atoms with Crippen LogP contribution in [0.5, 0.6) is 0 Å². The van der Waals surface area contributed by atoms with Crippen LogP contribution in [0.1, 0.15) is 55.6 Å². The number of carbonyl (C=O) groups excluding carboxylic acids is 2. The minimum absolute atomic E-state index is 0.0124. The topological polar surface area (TPSA) is 58.6 Å². The number of likely N-dealkylation sites (tertiary alicyclic amines) is 1. The van der Waals surface area contributed by atoms with E-state index in [4.69, 9.17) is 4.74 Å². The molecule has 0 radical (unpaired) electrons. The maximum atomic E-state index is 13.0. The highest BCUT2D eigenvalue weighted by Gasteiger charge is 2.35. The molecule has 3 unspecified atom stereocenters. The van der Waals surface area contributed by atoms with Gasteiger partial charge in [-0.15, -0.1) is 0 Å². The summed E-state index contributed by atoms with van der Waals surface area (Å²) in [5, 5.41) is 3.04. The van der Waals surface area contributed by atoms with Gasteiger partial charge in [-0.3, -0.25) is 9.59 Å². The molecule has 0 spiro atoms. The Labute approximate surface area is 191 Å². The van der Waals surface area contributed by atoms with Crippen LogP contribution in [0.2, 0.25) is 0 Å². The van der Waals surface area contributed by atoms with Crippen molar-refractivity contribution in [2.24, 2.45) is 5.92 Å². The zero-order chi connectivity index (χ0) is 22.3. The van der Waals surface area contributed by atoms with Crippen molar-refractivity contribution in [3.05, 3.63) is 71.8 Å². The Morgan fingerprint density at radius 1 is 1.03 bits per heavy atom. The fourth-order valence-electron chi connectivity index (χ4n) is 5.16. The number of nitrogens with one attached hydrogen (secondary N) is 1. The van der Waals surface area contributed by atoms with Crippen molar-refractivity contribution in [3.63, 3.8) is 0 Å². The summed E-state index contributed by atoms with van der Waals surface area (Å²) in [7, 11) is 1.71. The van der Waals surface area contributed by atoms with Gasteiger partial charge < -0.3 is 15.0 Å². The van der Waals surface area contributed by atoms with E-state index in [0.717, 1.165) is 32.1 Å². The summed E-state index contributed by atoms with van der Waals surface area (Å²) in [4.78, 5) is 27.7. The zero-order valence-corrected chi connectivity index (χ0v) is 18.9. The summed E-state index contributed by atoms with van der Waals surface area (Å²) in [6.45, 7) is 1.39. The van der Waals surface area contributed by atoms with Crippen LogP contribution in [0.15, 0.2) is 60.7 Å². The van der Waals surface area contributed by atoms with Gasteiger partial charge in [0.25, 0.3) is 0 Å². The normalized spacial score (nSPS) is 23.5. The Balaban J connectivity index is 1.35. The molecule has 4 rings (SSSR count). The van der Waals surface area contributed by atoms with Crippen LogP contribution in [-0.4, -0.2) is 49.1 Å². The molecule has 5 heteroatoms. The average molecular weight is 435 g/mol. The van der Waals surface area contributed by atoms with E-state index in [1.165, 1.54) is 11.1 Å². The first kappa shape index (κ1) is 22.5. The highest BCUT2D eigenvalue weighted by molar-refractivity contribution is 5.90. The summed E-state index contributed by atoms with van der Waals surface area (Å²) in [5.74, 6) is 0.263. The zero-order valence-electron chi connectivity index (χ0n) is 18.9. The number of ether oxygens (including phenoxy) is 1. The number of methoxy groups -OCH3 is 1. The maximum Gasteiger partial charge on any atom is 0.245 e. The molecule has 2 fully saturated rings. The van der Waals surface area contributed by atoms with Crippen LogP contribution in [0, 0.1) is 5.92 Å². The van der Waals surface area contributed by atoms with Crippen molar-refractivity contribution in [2.45, 2.75) is 56.6 Å². The van der Waals surface area contributed by atoms with E-state index in [1.54, 1.807) is 7.11 Å². The molecule has 5 nitrogen and oxygen atoms in total. The third-order valence-corrected chi connectivity index (χ3v) is 7.04. The van der Waals surface area contributed by atoms with Gasteiger partial charge in [0.2, 0.25) is 11.8 Å². The van der Waals surface area contributed by atoms with Gasteiger partial charge in [0.1, 0.15) is 6.04 Å². The molecule has 0 bridgehead atoms. The Bertz CT molecular complexity index is 847. The standard InChI is InChI=1S/C27H34N2O3/c1-32-23-14-8-13-22(19-23)26(30)28-25-16-18-29(27(25)31)17-15-24(20-9-4-2-5-10-20)21-11-6-3-7-12-21/h2-7,9-12,22-25H,8,13-19H2,1H3,(H,28,30). The van der Waals surface area contributed by atoms with E-state index in [1.807, 2.05) is 17.0 Å². The van der Waals surface area contributed by atoms with Gasteiger partial charge in [-0.05, 0) is 43.2 Å². The van der Waals surface area contributed by atoms with Crippen LogP contribution >= 0.6 is 0 Å². The van der Waals surface area contributed by atoms with Gasteiger partial charge in [0.15, 0.2) is 0 Å². The summed E-state index contributed by atoms with van der Waals surface area (Å²) < 4.78 is 5.45. The van der Waals surface area contributed by atoms with Crippen molar-refractivity contribution < 1.29 is 14.3 Å². The maximum absolute atomic E-state index is 13.0. The molecule has 1 saturated heterocycles. The number of amides is 2. The second-order valence-corrected chi connectivity index (χ2v) is 9.06. The van der Waals surface area contributed by atoms with Crippen LogP contribution in [0.4, 0.5) is 0 Å². The molecule has 170 valence electrons. The van der Waals surface area contributed by atoms with Crippen molar-refractivity contribution in [3.8, 4) is 0 Å². The lowest BCUT2D eigenvalue weighted by atomic mass is 9.86. The molecule has 0 aromatic heterocycles. The van der Waals surface area contributed by atoms with Crippen LogP contribution < -0.4 is 5.32 Å². The van der Waals surface area contributed by atoms with Crippen molar-refractivity contribution in [2.75, 3.05) is 20.2 Å². The second-order valence-electron chi connectivity index (χ2n) is 9.06. The van der Waals surface area contributed by atoms with Crippen molar-refractivity contribution >= 4 is 11.8 Å². The van der Waals surface area contributed by atoms with Gasteiger partial charge in [-0.1, -0.05) is 67.1 Å². The molecule has 1 N–H and O–H groups in total. The third-order valence-electron chi connectivity index (χ3n) is 7.04. The lowest BCUT2D eigenvalue weighted by Gasteiger charge is -2.28. The van der Waals surface area contributed by atoms with Crippen LogP contribution in [-0.2, 0) is 14.3 Å². The number of rotatable bonds is 8. The van der Waals surface area contributed by atoms with E-state index in [2.05, 4.69) is 53.8 Å². The summed E-state index contributed by atoms with van der Waals surface area (Å²) in [5.41, 5.74) is 2.53. The first-order chi connectivity index (χ1) is 15.7. The van der Waals surface area contributed by atoms with E-state index in [0.29, 0.717) is 19.5 Å². The number of nitrogens with zero attached hydrogens (tertiary/aromatic N) is 1. The molecule has 1 aliphatic heterocycles. The van der Waals surface area contributed by atoms with Crippen molar-refractivity contribution in [1.82, 2.24) is 10.2 Å². The molecule has 32 heavy (non-hydrogen) atoms. The smallest absolute Gasteiger partial charge is 0.245 e. The molecule has 1 aliphatic carbocycles. The van der Waals surface area contributed by atoms with Gasteiger partial charge in [-0.25, -0.2) is 0 Å². The molecule has 1 saturated carbocycles. The molecular weight excluding hydrogens is 400 g/mol. The molecule has 3 atom stereocenters. The van der Waals surface area contributed by atoms with Gasteiger partial charge in [-0.2, -0.15) is 0 Å². The van der Waals surface area contributed by atoms with Gasteiger partial charge in [0.05, 0.1) is 6.10 Å². The minimum atomic E-state index is -0.391. The fourth-order valence-corrected chi connectivity index (χ4v) is 5.16. The van der Waals surface area contributed by atoms with Crippen LogP contribution in [0.25, 0.3) is 0 Å². The second kappa shape index (κ2) is 10.8. The number of carbonyl (C=O) groups is 2. The Hall–Kier alpha value is -2.66. The number of hydrogen-bond acceptors (Lipinski definition) is 3. The number of benzene rings is 2. The van der Waals surface area contributed by atoms with E-state index >= 15 is 0 Å². The SMILES string of the molecule is COC1CCCC(C(=O)NC2CCN(CCC(c3ccccc3)c3ccccc3)C2=O)C1.